The number of benzene rings is 4. The van der Waals surface area contributed by atoms with Crippen molar-refractivity contribution in [1.29, 1.82) is 0 Å². The minimum Gasteiger partial charge on any atom is -0.508 e. The van der Waals surface area contributed by atoms with Gasteiger partial charge in [-0.1, -0.05) is 60.4 Å². The molecule has 4 aromatic rings. The van der Waals surface area contributed by atoms with Gasteiger partial charge >= 0.3 is 0 Å². The van der Waals surface area contributed by atoms with Crippen LogP contribution in [0.1, 0.15) is 22.3 Å². The first-order valence-electron chi connectivity index (χ1n) is 9.62. The molecule has 0 aliphatic rings. The van der Waals surface area contributed by atoms with E-state index in [-0.39, 0.29) is 0 Å². The Bertz CT molecular complexity index is 1180. The first kappa shape index (κ1) is 18.7. The average Bonchev–Trinajstić information content (AvgIpc) is 2.76. The van der Waals surface area contributed by atoms with Crippen LogP contribution in [0.5, 0.6) is 11.5 Å². The number of hydrogen-bond donors (Lipinski definition) is 1. The smallest absolute Gasteiger partial charge is 0.119 e. The number of rotatable bonds is 4. The van der Waals surface area contributed by atoms with Gasteiger partial charge < -0.3 is 9.84 Å². The SMILES string of the molecule is COc1ccc(CC#Cc2ccc3cc(O)c(Cc4ccccc4)cc3c2)cc1. The zero-order chi connectivity index (χ0) is 20.1. The van der Waals surface area contributed by atoms with Crippen LogP contribution in [0.25, 0.3) is 10.8 Å². The highest BCUT2D eigenvalue weighted by Crippen LogP contribution is 2.27. The van der Waals surface area contributed by atoms with Crippen LogP contribution < -0.4 is 4.74 Å². The van der Waals surface area contributed by atoms with Crippen molar-refractivity contribution in [2.24, 2.45) is 0 Å². The van der Waals surface area contributed by atoms with Crippen molar-refractivity contribution in [3.05, 3.63) is 107 Å². The van der Waals surface area contributed by atoms with Crippen LogP contribution >= 0.6 is 0 Å². The van der Waals surface area contributed by atoms with Gasteiger partial charge in [-0.3, -0.25) is 0 Å². The van der Waals surface area contributed by atoms with Crippen molar-refractivity contribution in [3.8, 4) is 23.3 Å². The monoisotopic (exact) mass is 378 g/mol. The van der Waals surface area contributed by atoms with E-state index in [4.69, 9.17) is 4.74 Å². The minimum absolute atomic E-state index is 0.333. The first-order chi connectivity index (χ1) is 14.2. The van der Waals surface area contributed by atoms with Crippen LogP contribution in [0, 0.1) is 11.8 Å². The number of phenols is 1. The van der Waals surface area contributed by atoms with Crippen molar-refractivity contribution < 1.29 is 9.84 Å². The lowest BCUT2D eigenvalue weighted by Crippen LogP contribution is -1.89. The summed E-state index contributed by atoms with van der Waals surface area (Å²) in [7, 11) is 1.67. The molecular formula is C27H22O2. The van der Waals surface area contributed by atoms with Crippen LogP contribution in [0.2, 0.25) is 0 Å². The summed E-state index contributed by atoms with van der Waals surface area (Å²) in [5.41, 5.74) is 4.24. The maximum absolute atomic E-state index is 10.4. The van der Waals surface area contributed by atoms with Gasteiger partial charge in [-0.2, -0.15) is 0 Å². The molecule has 0 spiro atoms. The molecule has 0 heterocycles. The Balaban J connectivity index is 1.56. The summed E-state index contributed by atoms with van der Waals surface area (Å²) in [5.74, 6) is 7.69. The Morgan fingerprint density at radius 1 is 0.793 bits per heavy atom. The molecule has 0 saturated carbocycles. The molecule has 0 amide bonds. The Morgan fingerprint density at radius 3 is 2.34 bits per heavy atom. The summed E-state index contributed by atoms with van der Waals surface area (Å²) in [6.07, 6.45) is 1.40. The van der Waals surface area contributed by atoms with Crippen molar-refractivity contribution >= 4 is 10.8 Å². The van der Waals surface area contributed by atoms with E-state index in [1.165, 1.54) is 5.56 Å². The largest absolute Gasteiger partial charge is 0.508 e. The maximum Gasteiger partial charge on any atom is 0.119 e. The van der Waals surface area contributed by atoms with E-state index in [1.54, 1.807) is 7.11 Å². The molecule has 0 aromatic heterocycles. The third-order valence-corrected chi connectivity index (χ3v) is 4.96. The second-order valence-electron chi connectivity index (χ2n) is 7.03. The van der Waals surface area contributed by atoms with Gasteiger partial charge in [-0.15, -0.1) is 0 Å². The first-order valence-corrected chi connectivity index (χ1v) is 9.62. The number of phenolic OH excluding ortho intramolecular Hbond substituents is 1. The Hall–Kier alpha value is -3.70. The molecule has 2 nitrogen and oxygen atoms in total. The molecule has 0 fully saturated rings. The van der Waals surface area contributed by atoms with Crippen molar-refractivity contribution in [1.82, 2.24) is 0 Å². The van der Waals surface area contributed by atoms with Crippen LogP contribution in [0.4, 0.5) is 0 Å². The van der Waals surface area contributed by atoms with Gasteiger partial charge in [0.05, 0.1) is 7.11 Å². The lowest BCUT2D eigenvalue weighted by Gasteiger charge is -2.08. The normalized spacial score (nSPS) is 10.4. The fourth-order valence-corrected chi connectivity index (χ4v) is 3.36. The predicted octanol–water partition coefficient (Wildman–Crippen LogP) is 5.74. The lowest BCUT2D eigenvalue weighted by molar-refractivity contribution is 0.414. The highest BCUT2D eigenvalue weighted by atomic mass is 16.5. The van der Waals surface area contributed by atoms with Gasteiger partial charge in [0.25, 0.3) is 0 Å². The predicted molar refractivity (Wildman–Crippen MR) is 118 cm³/mol. The van der Waals surface area contributed by atoms with E-state index in [0.717, 1.165) is 33.2 Å². The van der Waals surface area contributed by atoms with Gasteiger partial charge in [0, 0.05) is 18.4 Å². The molecule has 0 atom stereocenters. The number of ether oxygens (including phenoxy) is 1. The molecule has 1 N–H and O–H groups in total. The third kappa shape index (κ3) is 4.59. The Morgan fingerprint density at radius 2 is 1.59 bits per heavy atom. The van der Waals surface area contributed by atoms with Gasteiger partial charge in [0.15, 0.2) is 0 Å². The number of fused-ring (bicyclic) bond motifs is 1. The van der Waals surface area contributed by atoms with E-state index < -0.39 is 0 Å². The summed E-state index contributed by atoms with van der Waals surface area (Å²) < 4.78 is 5.19. The fraction of sp³-hybridized carbons (Fsp3) is 0.111. The molecule has 29 heavy (non-hydrogen) atoms. The van der Waals surface area contributed by atoms with Crippen LogP contribution in [-0.4, -0.2) is 12.2 Å². The van der Waals surface area contributed by atoms with E-state index in [0.29, 0.717) is 18.6 Å². The highest BCUT2D eigenvalue weighted by Gasteiger charge is 2.06. The topological polar surface area (TPSA) is 29.5 Å². The quantitative estimate of drug-likeness (QED) is 0.459. The summed E-state index contributed by atoms with van der Waals surface area (Å²) in [6.45, 7) is 0. The standard InChI is InChI=1S/C27H22O2/c1-29-26-14-11-20(12-15-26)8-5-9-22-10-13-23-19-27(28)25(18-24(23)16-22)17-21-6-3-2-4-7-21/h2-4,6-7,10-16,18-19,28H,8,17H2,1H3. The molecule has 0 bridgehead atoms. The summed E-state index contributed by atoms with van der Waals surface area (Å²) >= 11 is 0. The summed E-state index contributed by atoms with van der Waals surface area (Å²) in [5, 5.41) is 12.5. The molecule has 0 aliphatic carbocycles. The zero-order valence-electron chi connectivity index (χ0n) is 16.4. The van der Waals surface area contributed by atoms with Crippen molar-refractivity contribution in [2.45, 2.75) is 12.8 Å². The van der Waals surface area contributed by atoms with Gasteiger partial charge in [-0.05, 0) is 63.9 Å². The summed E-state index contributed by atoms with van der Waals surface area (Å²) in [6, 6.07) is 28.2. The number of hydrogen-bond acceptors (Lipinski definition) is 2. The van der Waals surface area contributed by atoms with E-state index in [1.807, 2.05) is 60.7 Å². The molecule has 0 aliphatic heterocycles. The van der Waals surface area contributed by atoms with E-state index in [9.17, 15) is 5.11 Å². The molecule has 0 saturated heterocycles. The Kier molecular flexibility index (Phi) is 5.49. The lowest BCUT2D eigenvalue weighted by atomic mass is 9.99. The molecule has 2 heteroatoms. The van der Waals surface area contributed by atoms with Crippen molar-refractivity contribution in [2.75, 3.05) is 7.11 Å². The van der Waals surface area contributed by atoms with Gasteiger partial charge in [0.1, 0.15) is 11.5 Å². The molecule has 142 valence electrons. The van der Waals surface area contributed by atoms with Gasteiger partial charge in [-0.25, -0.2) is 0 Å². The molecule has 4 aromatic carbocycles. The maximum atomic E-state index is 10.4. The fourth-order valence-electron chi connectivity index (χ4n) is 3.36. The molecule has 4 rings (SSSR count). The average molecular weight is 378 g/mol. The molecular weight excluding hydrogens is 356 g/mol. The second kappa shape index (κ2) is 8.54. The van der Waals surface area contributed by atoms with E-state index in [2.05, 4.69) is 36.1 Å². The third-order valence-electron chi connectivity index (χ3n) is 4.96. The Labute approximate surface area is 171 Å². The number of methoxy groups -OCH3 is 1. The molecule has 0 unspecified atom stereocenters. The van der Waals surface area contributed by atoms with E-state index >= 15 is 0 Å². The van der Waals surface area contributed by atoms with Crippen LogP contribution in [0.15, 0.2) is 84.9 Å². The second-order valence-corrected chi connectivity index (χ2v) is 7.03. The molecule has 0 radical (unpaired) electrons. The highest BCUT2D eigenvalue weighted by molar-refractivity contribution is 5.86. The summed E-state index contributed by atoms with van der Waals surface area (Å²) in [4.78, 5) is 0. The van der Waals surface area contributed by atoms with Crippen molar-refractivity contribution in [3.63, 3.8) is 0 Å². The minimum atomic E-state index is 0.333. The van der Waals surface area contributed by atoms with Crippen LogP contribution in [0.3, 0.4) is 0 Å². The zero-order valence-corrected chi connectivity index (χ0v) is 16.4. The van der Waals surface area contributed by atoms with Crippen LogP contribution in [-0.2, 0) is 12.8 Å². The number of aromatic hydroxyl groups is 1. The van der Waals surface area contributed by atoms with Gasteiger partial charge in [0.2, 0.25) is 0 Å².